The zero-order chi connectivity index (χ0) is 11.2. The van der Waals surface area contributed by atoms with Gasteiger partial charge in [-0.2, -0.15) is 0 Å². The van der Waals surface area contributed by atoms with Gasteiger partial charge in [0.1, 0.15) is 0 Å². The molecule has 0 bridgehead atoms. The summed E-state index contributed by atoms with van der Waals surface area (Å²) in [5.41, 5.74) is 0.342. The van der Waals surface area contributed by atoms with Gasteiger partial charge in [-0.25, -0.2) is 0 Å². The van der Waals surface area contributed by atoms with Crippen LogP contribution in [0.3, 0.4) is 0 Å². The quantitative estimate of drug-likeness (QED) is 0.655. The number of hydrogen-bond acceptors (Lipinski definition) is 1. The second-order valence-electron chi connectivity index (χ2n) is 5.27. The van der Waals surface area contributed by atoms with Crippen LogP contribution < -0.4 is 5.32 Å². The summed E-state index contributed by atoms with van der Waals surface area (Å²) in [6, 6.07) is 0.295. The first-order valence-electron chi connectivity index (χ1n) is 5.61. The van der Waals surface area contributed by atoms with E-state index in [1.807, 2.05) is 0 Å². The van der Waals surface area contributed by atoms with E-state index in [4.69, 9.17) is 0 Å². The molecular formula is C12H25NO. The Kier molecular flexibility index (Phi) is 5.82. The van der Waals surface area contributed by atoms with Gasteiger partial charge in [-0.3, -0.25) is 4.79 Å². The normalized spacial score (nSPS) is 16.1. The van der Waals surface area contributed by atoms with Crippen LogP contribution in [-0.2, 0) is 4.79 Å². The van der Waals surface area contributed by atoms with Crippen molar-refractivity contribution in [2.24, 2.45) is 11.3 Å². The molecule has 0 radical (unpaired) electrons. The molecule has 0 aliphatic rings. The maximum atomic E-state index is 10.3. The summed E-state index contributed by atoms with van der Waals surface area (Å²) in [5.74, 6) is 0.690. The molecule has 0 saturated carbocycles. The van der Waals surface area contributed by atoms with Crippen molar-refractivity contribution in [3.63, 3.8) is 0 Å². The van der Waals surface area contributed by atoms with Gasteiger partial charge in [-0.1, -0.05) is 40.5 Å². The molecule has 84 valence electrons. The second kappa shape index (κ2) is 6.05. The predicted molar refractivity (Wildman–Crippen MR) is 61.1 cm³/mol. The lowest BCUT2D eigenvalue weighted by Crippen LogP contribution is -2.31. The molecule has 0 heterocycles. The van der Waals surface area contributed by atoms with Gasteiger partial charge in [0.05, 0.1) is 0 Å². The van der Waals surface area contributed by atoms with E-state index in [2.05, 4.69) is 39.9 Å². The van der Waals surface area contributed by atoms with Crippen molar-refractivity contribution in [1.82, 2.24) is 5.32 Å². The van der Waals surface area contributed by atoms with E-state index < -0.39 is 0 Å². The number of carbonyl (C=O) groups is 1. The SMILES string of the molecule is CCCC(CC(C)NC=O)C(C)(C)C. The molecule has 0 rings (SSSR count). The Morgan fingerprint density at radius 3 is 2.29 bits per heavy atom. The van der Waals surface area contributed by atoms with Crippen molar-refractivity contribution in [1.29, 1.82) is 0 Å². The third kappa shape index (κ3) is 5.25. The lowest BCUT2D eigenvalue weighted by molar-refractivity contribution is -0.110. The highest BCUT2D eigenvalue weighted by atomic mass is 16.1. The van der Waals surface area contributed by atoms with Crippen LogP contribution in [0.15, 0.2) is 0 Å². The minimum absolute atomic E-state index is 0.295. The van der Waals surface area contributed by atoms with Gasteiger partial charge >= 0.3 is 0 Å². The van der Waals surface area contributed by atoms with Crippen LogP contribution in [0.4, 0.5) is 0 Å². The highest BCUT2D eigenvalue weighted by molar-refractivity contribution is 5.46. The van der Waals surface area contributed by atoms with E-state index in [0.29, 0.717) is 17.4 Å². The summed E-state index contributed by atoms with van der Waals surface area (Å²) >= 11 is 0. The van der Waals surface area contributed by atoms with Crippen LogP contribution in [0.1, 0.15) is 53.9 Å². The zero-order valence-electron chi connectivity index (χ0n) is 10.3. The maximum Gasteiger partial charge on any atom is 0.207 e. The first-order valence-corrected chi connectivity index (χ1v) is 5.61. The van der Waals surface area contributed by atoms with E-state index >= 15 is 0 Å². The van der Waals surface area contributed by atoms with Gasteiger partial charge in [0, 0.05) is 6.04 Å². The summed E-state index contributed by atoms with van der Waals surface area (Å²) in [6.07, 6.45) is 4.34. The largest absolute Gasteiger partial charge is 0.356 e. The molecule has 0 aromatic carbocycles. The van der Waals surface area contributed by atoms with Crippen molar-refractivity contribution in [2.75, 3.05) is 0 Å². The van der Waals surface area contributed by atoms with E-state index in [0.717, 1.165) is 12.8 Å². The predicted octanol–water partition coefficient (Wildman–Crippen LogP) is 2.97. The van der Waals surface area contributed by atoms with Gasteiger partial charge < -0.3 is 5.32 Å². The molecule has 1 N–H and O–H groups in total. The van der Waals surface area contributed by atoms with Crippen molar-refractivity contribution < 1.29 is 4.79 Å². The highest BCUT2D eigenvalue weighted by Crippen LogP contribution is 2.33. The first-order chi connectivity index (χ1) is 6.41. The summed E-state index contributed by atoms with van der Waals surface area (Å²) in [5, 5.41) is 2.83. The Labute approximate surface area is 88.5 Å². The van der Waals surface area contributed by atoms with Crippen LogP contribution in [0.2, 0.25) is 0 Å². The topological polar surface area (TPSA) is 29.1 Å². The van der Waals surface area contributed by atoms with Crippen LogP contribution >= 0.6 is 0 Å². The molecule has 2 heteroatoms. The number of carbonyl (C=O) groups excluding carboxylic acids is 1. The van der Waals surface area contributed by atoms with Crippen LogP contribution in [-0.4, -0.2) is 12.5 Å². The molecule has 0 aromatic heterocycles. The maximum absolute atomic E-state index is 10.3. The number of nitrogens with one attached hydrogen (secondary N) is 1. The highest BCUT2D eigenvalue weighted by Gasteiger charge is 2.25. The lowest BCUT2D eigenvalue weighted by Gasteiger charge is -2.32. The molecule has 0 spiro atoms. The number of rotatable bonds is 6. The Hall–Kier alpha value is -0.530. The standard InChI is InChI=1S/C12H25NO/c1-6-7-11(12(3,4)5)8-10(2)13-9-14/h9-11H,6-8H2,1-5H3,(H,13,14). The molecule has 0 aliphatic heterocycles. The molecular weight excluding hydrogens is 174 g/mol. The van der Waals surface area contributed by atoms with E-state index in [9.17, 15) is 4.79 Å². The minimum Gasteiger partial charge on any atom is -0.356 e. The molecule has 0 fully saturated rings. The van der Waals surface area contributed by atoms with Crippen molar-refractivity contribution in [2.45, 2.75) is 59.9 Å². The smallest absolute Gasteiger partial charge is 0.207 e. The third-order valence-corrected chi connectivity index (χ3v) is 2.85. The third-order valence-electron chi connectivity index (χ3n) is 2.85. The lowest BCUT2D eigenvalue weighted by atomic mass is 9.75. The second-order valence-corrected chi connectivity index (χ2v) is 5.27. The van der Waals surface area contributed by atoms with Crippen LogP contribution in [0.5, 0.6) is 0 Å². The Bertz CT molecular complexity index is 160. The Balaban J connectivity index is 4.15. The Morgan fingerprint density at radius 2 is 1.93 bits per heavy atom. The summed E-state index contributed by atoms with van der Waals surface area (Å²) in [7, 11) is 0. The molecule has 0 aliphatic carbocycles. The van der Waals surface area contributed by atoms with Crippen molar-refractivity contribution in [3.05, 3.63) is 0 Å². The monoisotopic (exact) mass is 199 g/mol. The van der Waals surface area contributed by atoms with Gasteiger partial charge in [0.2, 0.25) is 6.41 Å². The van der Waals surface area contributed by atoms with Crippen LogP contribution in [0, 0.1) is 11.3 Å². The van der Waals surface area contributed by atoms with Crippen molar-refractivity contribution >= 4 is 6.41 Å². The number of hydrogen-bond donors (Lipinski definition) is 1. The summed E-state index contributed by atoms with van der Waals surface area (Å²) in [4.78, 5) is 10.3. The average molecular weight is 199 g/mol. The Morgan fingerprint density at radius 1 is 1.36 bits per heavy atom. The fraction of sp³-hybridized carbons (Fsp3) is 0.917. The molecule has 0 aromatic rings. The van der Waals surface area contributed by atoms with Gasteiger partial charge in [0.25, 0.3) is 0 Å². The van der Waals surface area contributed by atoms with E-state index in [-0.39, 0.29) is 0 Å². The minimum atomic E-state index is 0.295. The molecule has 2 unspecified atom stereocenters. The van der Waals surface area contributed by atoms with Gasteiger partial charge in [0.15, 0.2) is 0 Å². The molecule has 2 atom stereocenters. The zero-order valence-corrected chi connectivity index (χ0v) is 10.3. The van der Waals surface area contributed by atoms with Crippen LogP contribution in [0.25, 0.3) is 0 Å². The fourth-order valence-electron chi connectivity index (χ4n) is 1.86. The molecule has 0 saturated heterocycles. The molecule has 1 amide bonds. The van der Waals surface area contributed by atoms with Crippen molar-refractivity contribution in [3.8, 4) is 0 Å². The molecule has 14 heavy (non-hydrogen) atoms. The van der Waals surface area contributed by atoms with E-state index in [1.54, 1.807) is 0 Å². The van der Waals surface area contributed by atoms with Gasteiger partial charge in [-0.15, -0.1) is 0 Å². The molecule has 2 nitrogen and oxygen atoms in total. The summed E-state index contributed by atoms with van der Waals surface area (Å²) < 4.78 is 0. The van der Waals surface area contributed by atoms with E-state index in [1.165, 1.54) is 12.8 Å². The average Bonchev–Trinajstić information content (AvgIpc) is 2.02. The number of amides is 1. The van der Waals surface area contributed by atoms with Gasteiger partial charge in [-0.05, 0) is 24.7 Å². The summed E-state index contributed by atoms with van der Waals surface area (Å²) in [6.45, 7) is 11.1. The first kappa shape index (κ1) is 13.5. The fourth-order valence-corrected chi connectivity index (χ4v) is 1.86.